The Kier molecular flexibility index (Phi) is 8.98. The third kappa shape index (κ3) is 7.50. The van der Waals surface area contributed by atoms with Crippen molar-refractivity contribution in [2.45, 2.75) is 43.7 Å². The van der Waals surface area contributed by atoms with Crippen LogP contribution in [0.3, 0.4) is 0 Å². The number of hydrogen-bond acceptors (Lipinski definition) is 11. The summed E-state index contributed by atoms with van der Waals surface area (Å²) in [5, 5.41) is 21.0. The second-order valence-electron chi connectivity index (χ2n) is 9.69. The van der Waals surface area contributed by atoms with Crippen LogP contribution in [0.25, 0.3) is 0 Å². The number of hydrogen-bond donors (Lipinski definition) is 4. The smallest absolute Gasteiger partial charge is 0.347 e. The maximum absolute atomic E-state index is 13.2. The predicted octanol–water partition coefficient (Wildman–Crippen LogP) is 2.04. The highest BCUT2D eigenvalue weighted by Gasteiger charge is 2.25. The molecule has 1 saturated heterocycles. The zero-order valence-corrected chi connectivity index (χ0v) is 24.0. The molecule has 1 aliphatic rings. The van der Waals surface area contributed by atoms with E-state index in [0.29, 0.717) is 28.9 Å². The molecule has 40 heavy (non-hydrogen) atoms. The molecular formula is C25H32N8O5S2. The van der Waals surface area contributed by atoms with Gasteiger partial charge in [-0.05, 0) is 57.6 Å². The van der Waals surface area contributed by atoms with E-state index >= 15 is 0 Å². The Morgan fingerprint density at radius 2 is 1.85 bits per heavy atom. The fourth-order valence-electron chi connectivity index (χ4n) is 4.33. The third-order valence-electron chi connectivity index (χ3n) is 6.68. The van der Waals surface area contributed by atoms with Gasteiger partial charge in [0, 0.05) is 25.7 Å². The standard InChI is InChI=1S/C25H32N8O5S2/c1-15-22(23(35)36)39-25(28-15)31-24-29-17(13-21(34)33(3)18-8-10-32(2)11-9-18)12-20(30-24)27-14-16-4-6-19(7-5-16)40(26,37)38/h4-7,12,18H,8-11,13-14H2,1-3H3,(H,35,36)(H2,26,37,38)(H2,27,28,29,30,31). The summed E-state index contributed by atoms with van der Waals surface area (Å²) >= 11 is 0.965. The number of carboxylic acids is 1. The normalized spacial score (nSPS) is 14.6. The lowest BCUT2D eigenvalue weighted by Crippen LogP contribution is -2.45. The molecule has 0 aliphatic carbocycles. The van der Waals surface area contributed by atoms with E-state index in [9.17, 15) is 23.1 Å². The second kappa shape index (κ2) is 12.2. The first-order chi connectivity index (χ1) is 18.9. The number of piperidine rings is 1. The fourth-order valence-corrected chi connectivity index (χ4v) is 5.65. The van der Waals surface area contributed by atoms with Gasteiger partial charge < -0.3 is 20.2 Å². The Morgan fingerprint density at radius 1 is 1.18 bits per heavy atom. The number of nitrogens with two attached hydrogens (primary N) is 1. The van der Waals surface area contributed by atoms with E-state index in [1.807, 2.05) is 7.05 Å². The predicted molar refractivity (Wildman–Crippen MR) is 151 cm³/mol. The van der Waals surface area contributed by atoms with E-state index in [-0.39, 0.29) is 34.1 Å². The van der Waals surface area contributed by atoms with E-state index < -0.39 is 16.0 Å². The van der Waals surface area contributed by atoms with Crippen molar-refractivity contribution in [3.63, 3.8) is 0 Å². The lowest BCUT2D eigenvalue weighted by Gasteiger charge is -2.35. The topological polar surface area (TPSA) is 184 Å². The van der Waals surface area contributed by atoms with Crippen molar-refractivity contribution < 1.29 is 23.1 Å². The summed E-state index contributed by atoms with van der Waals surface area (Å²) in [5.41, 5.74) is 1.62. The van der Waals surface area contributed by atoms with E-state index in [0.717, 1.165) is 42.8 Å². The molecule has 4 rings (SSSR count). The van der Waals surface area contributed by atoms with Crippen molar-refractivity contribution in [1.29, 1.82) is 0 Å². The number of benzene rings is 1. The van der Waals surface area contributed by atoms with Gasteiger partial charge in [-0.25, -0.2) is 28.3 Å². The van der Waals surface area contributed by atoms with Gasteiger partial charge >= 0.3 is 5.97 Å². The Balaban J connectivity index is 1.54. The minimum atomic E-state index is -3.79. The highest BCUT2D eigenvalue weighted by Crippen LogP contribution is 2.26. The van der Waals surface area contributed by atoms with Gasteiger partial charge in [0.1, 0.15) is 10.7 Å². The van der Waals surface area contributed by atoms with Crippen molar-refractivity contribution in [3.05, 3.63) is 52.2 Å². The van der Waals surface area contributed by atoms with Crippen molar-refractivity contribution in [2.24, 2.45) is 5.14 Å². The van der Waals surface area contributed by atoms with Gasteiger partial charge in [-0.15, -0.1) is 0 Å². The van der Waals surface area contributed by atoms with Crippen molar-refractivity contribution in [1.82, 2.24) is 24.8 Å². The molecule has 1 aliphatic heterocycles. The van der Waals surface area contributed by atoms with Crippen LogP contribution in [-0.4, -0.2) is 83.4 Å². The van der Waals surface area contributed by atoms with Crippen LogP contribution in [0.4, 0.5) is 16.9 Å². The van der Waals surface area contributed by atoms with Crippen LogP contribution in [0.1, 0.15) is 39.5 Å². The molecule has 1 amide bonds. The van der Waals surface area contributed by atoms with Crippen molar-refractivity contribution in [2.75, 3.05) is 37.8 Å². The van der Waals surface area contributed by atoms with Crippen LogP contribution >= 0.6 is 11.3 Å². The molecule has 0 radical (unpaired) electrons. The number of likely N-dealkylation sites (tertiary alicyclic amines) is 1. The van der Waals surface area contributed by atoms with Crippen LogP contribution in [0, 0.1) is 6.92 Å². The number of aryl methyl sites for hydroxylation is 1. The molecule has 1 aromatic carbocycles. The number of thiazole rings is 1. The summed E-state index contributed by atoms with van der Waals surface area (Å²) in [7, 11) is 0.0901. The number of carboxylic acid groups (broad SMARTS) is 1. The molecule has 214 valence electrons. The van der Waals surface area contributed by atoms with Crippen LogP contribution in [-0.2, 0) is 27.8 Å². The molecule has 0 unspecified atom stereocenters. The van der Waals surface area contributed by atoms with E-state index in [1.165, 1.54) is 12.1 Å². The molecule has 1 fully saturated rings. The van der Waals surface area contributed by atoms with Crippen LogP contribution in [0.2, 0.25) is 0 Å². The van der Waals surface area contributed by atoms with Gasteiger partial charge in [0.05, 0.1) is 22.7 Å². The van der Waals surface area contributed by atoms with E-state index in [2.05, 4.69) is 37.5 Å². The van der Waals surface area contributed by atoms with Gasteiger partial charge in [0.15, 0.2) is 5.13 Å². The summed E-state index contributed by atoms with van der Waals surface area (Å²) < 4.78 is 23.1. The molecule has 0 atom stereocenters. The quantitative estimate of drug-likeness (QED) is 0.272. The zero-order chi connectivity index (χ0) is 29.0. The van der Waals surface area contributed by atoms with E-state index in [1.54, 1.807) is 30.0 Å². The maximum Gasteiger partial charge on any atom is 0.347 e. The summed E-state index contributed by atoms with van der Waals surface area (Å²) in [6.45, 7) is 3.78. The summed E-state index contributed by atoms with van der Waals surface area (Å²) in [5.74, 6) is -0.562. The lowest BCUT2D eigenvalue weighted by atomic mass is 10.0. The van der Waals surface area contributed by atoms with Crippen molar-refractivity contribution in [3.8, 4) is 0 Å². The van der Waals surface area contributed by atoms with Crippen LogP contribution in [0.5, 0.6) is 0 Å². The Bertz CT molecular complexity index is 1490. The largest absolute Gasteiger partial charge is 0.477 e. The molecule has 5 N–H and O–H groups in total. The SMILES string of the molecule is Cc1nc(Nc2nc(CC(=O)N(C)C3CCN(C)CC3)cc(NCc3ccc(S(N)(=O)=O)cc3)n2)sc1C(=O)O. The monoisotopic (exact) mass is 588 g/mol. The number of amides is 1. The first kappa shape index (κ1) is 29.3. The highest BCUT2D eigenvalue weighted by atomic mass is 32.2. The molecular weight excluding hydrogens is 556 g/mol. The number of nitrogens with one attached hydrogen (secondary N) is 2. The molecule has 2 aromatic heterocycles. The molecule has 3 aromatic rings. The van der Waals surface area contributed by atoms with Crippen LogP contribution in [0.15, 0.2) is 35.2 Å². The first-order valence-electron chi connectivity index (χ1n) is 12.5. The number of primary sulfonamides is 1. The molecule has 15 heteroatoms. The van der Waals surface area contributed by atoms with E-state index in [4.69, 9.17) is 5.14 Å². The average Bonchev–Trinajstić information content (AvgIpc) is 3.27. The maximum atomic E-state index is 13.2. The average molecular weight is 589 g/mol. The number of aromatic nitrogens is 3. The molecule has 0 saturated carbocycles. The Hall–Kier alpha value is -3.66. The van der Waals surface area contributed by atoms with Crippen molar-refractivity contribution >= 4 is 50.1 Å². The molecule has 3 heterocycles. The number of nitrogens with zero attached hydrogens (tertiary/aromatic N) is 5. The number of aromatic carboxylic acids is 1. The van der Waals surface area contributed by atoms with Gasteiger partial charge in [0.2, 0.25) is 21.9 Å². The zero-order valence-electron chi connectivity index (χ0n) is 22.4. The highest BCUT2D eigenvalue weighted by molar-refractivity contribution is 7.89. The fraction of sp³-hybridized carbons (Fsp3) is 0.400. The summed E-state index contributed by atoms with van der Waals surface area (Å²) in [6, 6.07) is 7.97. The van der Waals surface area contributed by atoms with Gasteiger partial charge in [-0.3, -0.25) is 10.1 Å². The third-order valence-corrected chi connectivity index (χ3v) is 8.67. The number of carbonyl (C=O) groups is 2. The summed E-state index contributed by atoms with van der Waals surface area (Å²) in [4.78, 5) is 42.0. The van der Waals surface area contributed by atoms with Gasteiger partial charge in [-0.1, -0.05) is 23.5 Å². The number of carbonyl (C=O) groups excluding carboxylic acids is 1. The molecule has 0 spiro atoms. The molecule has 13 nitrogen and oxygen atoms in total. The number of likely N-dealkylation sites (N-methyl/N-ethyl adjacent to an activating group) is 1. The van der Waals surface area contributed by atoms with Gasteiger partial charge in [0.25, 0.3) is 0 Å². The second-order valence-corrected chi connectivity index (χ2v) is 12.3. The first-order valence-corrected chi connectivity index (χ1v) is 14.9. The Morgan fingerprint density at radius 3 is 2.45 bits per heavy atom. The van der Waals surface area contributed by atoms with Gasteiger partial charge in [-0.2, -0.15) is 4.98 Å². The lowest BCUT2D eigenvalue weighted by molar-refractivity contribution is -0.132. The number of sulfonamides is 1. The Labute approximate surface area is 236 Å². The summed E-state index contributed by atoms with van der Waals surface area (Å²) in [6.07, 6.45) is 1.86. The minimum Gasteiger partial charge on any atom is -0.477 e. The van der Waals surface area contributed by atoms with Crippen LogP contribution < -0.4 is 15.8 Å². The molecule has 0 bridgehead atoms. The minimum absolute atomic E-state index is 0.0128. The number of anilines is 3. The number of rotatable bonds is 10.